The Kier molecular flexibility index (Phi) is 7.93. The molecular formula is C26H26ClN3O5S. The summed E-state index contributed by atoms with van der Waals surface area (Å²) in [6, 6.07) is 19.4. The Morgan fingerprint density at radius 1 is 0.972 bits per heavy atom. The van der Waals surface area contributed by atoms with E-state index in [1.54, 1.807) is 59.5 Å². The van der Waals surface area contributed by atoms with Crippen molar-refractivity contribution in [2.45, 2.75) is 11.8 Å². The fourth-order valence-corrected chi connectivity index (χ4v) is 5.55. The molecule has 8 nitrogen and oxygen atoms in total. The minimum absolute atomic E-state index is 0.0312. The van der Waals surface area contributed by atoms with E-state index in [4.69, 9.17) is 16.3 Å². The maximum Gasteiger partial charge on any atom is 0.264 e. The van der Waals surface area contributed by atoms with Crippen molar-refractivity contribution in [3.8, 4) is 0 Å². The summed E-state index contributed by atoms with van der Waals surface area (Å²) in [5.74, 6) is -0.850. The average molecular weight is 528 g/mol. The van der Waals surface area contributed by atoms with Gasteiger partial charge in [-0.2, -0.15) is 0 Å². The highest BCUT2D eigenvalue weighted by molar-refractivity contribution is 7.92. The van der Waals surface area contributed by atoms with Crippen LogP contribution >= 0.6 is 11.6 Å². The number of para-hydroxylation sites is 2. The highest BCUT2D eigenvalue weighted by Crippen LogP contribution is 2.30. The van der Waals surface area contributed by atoms with Crippen molar-refractivity contribution in [1.82, 2.24) is 4.90 Å². The van der Waals surface area contributed by atoms with E-state index in [2.05, 4.69) is 5.32 Å². The van der Waals surface area contributed by atoms with Crippen molar-refractivity contribution in [2.75, 3.05) is 42.5 Å². The van der Waals surface area contributed by atoms with E-state index < -0.39 is 22.5 Å². The van der Waals surface area contributed by atoms with Crippen LogP contribution in [0, 0.1) is 6.92 Å². The van der Waals surface area contributed by atoms with Crippen molar-refractivity contribution < 1.29 is 22.7 Å². The van der Waals surface area contributed by atoms with Gasteiger partial charge in [-0.1, -0.05) is 53.6 Å². The van der Waals surface area contributed by atoms with Crippen LogP contribution in [0.4, 0.5) is 11.4 Å². The summed E-state index contributed by atoms with van der Waals surface area (Å²) in [4.78, 5) is 27.9. The van der Waals surface area contributed by atoms with Crippen LogP contribution in [-0.2, 0) is 19.6 Å². The Balaban J connectivity index is 1.62. The Labute approximate surface area is 215 Å². The number of halogens is 1. The van der Waals surface area contributed by atoms with Gasteiger partial charge >= 0.3 is 0 Å². The van der Waals surface area contributed by atoms with Gasteiger partial charge in [0, 0.05) is 13.1 Å². The van der Waals surface area contributed by atoms with Crippen LogP contribution in [0.15, 0.2) is 77.7 Å². The molecule has 1 aliphatic rings. The molecule has 10 heteroatoms. The number of nitrogens with one attached hydrogen (secondary N) is 1. The molecular weight excluding hydrogens is 502 g/mol. The number of nitrogens with zero attached hydrogens (tertiary/aromatic N) is 2. The number of hydrogen-bond acceptors (Lipinski definition) is 5. The van der Waals surface area contributed by atoms with Gasteiger partial charge in [0.1, 0.15) is 6.54 Å². The van der Waals surface area contributed by atoms with Crippen molar-refractivity contribution in [2.24, 2.45) is 0 Å². The molecule has 1 fully saturated rings. The zero-order valence-electron chi connectivity index (χ0n) is 19.7. The monoisotopic (exact) mass is 527 g/mol. The topological polar surface area (TPSA) is 96.0 Å². The van der Waals surface area contributed by atoms with Crippen LogP contribution < -0.4 is 9.62 Å². The summed E-state index contributed by atoms with van der Waals surface area (Å²) < 4.78 is 33.4. The molecule has 0 aliphatic carbocycles. The fraction of sp³-hybridized carbons (Fsp3) is 0.231. The van der Waals surface area contributed by atoms with Crippen molar-refractivity contribution in [3.05, 3.63) is 88.9 Å². The van der Waals surface area contributed by atoms with E-state index in [1.165, 1.54) is 18.2 Å². The van der Waals surface area contributed by atoms with Crippen molar-refractivity contribution in [3.63, 3.8) is 0 Å². The Morgan fingerprint density at radius 2 is 1.61 bits per heavy atom. The van der Waals surface area contributed by atoms with E-state index in [0.29, 0.717) is 37.6 Å². The van der Waals surface area contributed by atoms with Gasteiger partial charge in [0.25, 0.3) is 15.9 Å². The number of anilines is 2. The molecule has 1 heterocycles. The predicted octanol–water partition coefficient (Wildman–Crippen LogP) is 3.95. The van der Waals surface area contributed by atoms with Crippen LogP contribution in [0.2, 0.25) is 5.02 Å². The highest BCUT2D eigenvalue weighted by atomic mass is 35.5. The van der Waals surface area contributed by atoms with Gasteiger partial charge in [0.15, 0.2) is 0 Å². The second kappa shape index (κ2) is 11.1. The molecule has 188 valence electrons. The van der Waals surface area contributed by atoms with Crippen molar-refractivity contribution >= 4 is 44.8 Å². The zero-order valence-corrected chi connectivity index (χ0v) is 21.3. The van der Waals surface area contributed by atoms with E-state index in [-0.39, 0.29) is 21.5 Å². The van der Waals surface area contributed by atoms with Gasteiger partial charge in [-0.05, 0) is 43.3 Å². The van der Waals surface area contributed by atoms with Gasteiger partial charge < -0.3 is 15.0 Å². The standard InChI is InChI=1S/C26H26ClN3O5S/c1-19-10-12-20(13-11-19)36(33,34)30(24-9-5-3-7-22(24)27)18-25(31)28-23-8-4-2-6-21(23)26(32)29-14-16-35-17-15-29/h2-13H,14-18H2,1H3,(H,28,31). The van der Waals surface area contributed by atoms with Crippen molar-refractivity contribution in [1.29, 1.82) is 0 Å². The van der Waals surface area contributed by atoms with E-state index in [0.717, 1.165) is 9.87 Å². The highest BCUT2D eigenvalue weighted by Gasteiger charge is 2.29. The van der Waals surface area contributed by atoms with Gasteiger partial charge in [0.05, 0.1) is 40.1 Å². The predicted molar refractivity (Wildman–Crippen MR) is 139 cm³/mol. The lowest BCUT2D eigenvalue weighted by molar-refractivity contribution is -0.114. The smallest absolute Gasteiger partial charge is 0.264 e. The average Bonchev–Trinajstić information content (AvgIpc) is 2.88. The molecule has 3 aromatic carbocycles. The first-order chi connectivity index (χ1) is 17.3. The molecule has 36 heavy (non-hydrogen) atoms. The van der Waals surface area contributed by atoms with Crippen LogP contribution in [0.5, 0.6) is 0 Å². The zero-order chi connectivity index (χ0) is 25.7. The van der Waals surface area contributed by atoms with Gasteiger partial charge in [-0.15, -0.1) is 0 Å². The van der Waals surface area contributed by atoms with E-state index in [9.17, 15) is 18.0 Å². The molecule has 0 atom stereocenters. The number of rotatable bonds is 7. The molecule has 0 bridgehead atoms. The van der Waals surface area contributed by atoms with Gasteiger partial charge in [-0.3, -0.25) is 13.9 Å². The molecule has 0 saturated carbocycles. The van der Waals surface area contributed by atoms with E-state index in [1.807, 2.05) is 6.92 Å². The lowest BCUT2D eigenvalue weighted by Gasteiger charge is -2.28. The molecule has 1 saturated heterocycles. The number of carbonyl (C=O) groups is 2. The molecule has 3 aromatic rings. The third-order valence-electron chi connectivity index (χ3n) is 5.75. The Morgan fingerprint density at radius 3 is 2.31 bits per heavy atom. The third-order valence-corrected chi connectivity index (χ3v) is 7.84. The Hall–Kier alpha value is -3.40. The lowest BCUT2D eigenvalue weighted by Crippen LogP contribution is -2.41. The van der Waals surface area contributed by atoms with Crippen LogP contribution in [0.1, 0.15) is 15.9 Å². The summed E-state index contributed by atoms with van der Waals surface area (Å²) in [5, 5.41) is 2.90. The first-order valence-electron chi connectivity index (χ1n) is 11.4. The number of hydrogen-bond donors (Lipinski definition) is 1. The fourth-order valence-electron chi connectivity index (χ4n) is 3.83. The molecule has 0 aromatic heterocycles. The minimum atomic E-state index is -4.13. The Bertz CT molecular complexity index is 1360. The van der Waals surface area contributed by atoms with Gasteiger partial charge in [0.2, 0.25) is 5.91 Å². The second-order valence-corrected chi connectivity index (χ2v) is 10.5. The molecule has 0 radical (unpaired) electrons. The number of amides is 2. The van der Waals surface area contributed by atoms with Gasteiger partial charge in [-0.25, -0.2) is 8.42 Å². The number of sulfonamides is 1. The molecule has 1 aliphatic heterocycles. The summed E-state index contributed by atoms with van der Waals surface area (Å²) in [5.41, 5.74) is 1.69. The molecule has 2 amide bonds. The maximum absolute atomic E-state index is 13.6. The molecule has 0 unspecified atom stereocenters. The number of aryl methyl sites for hydroxylation is 1. The number of ether oxygens (including phenoxy) is 1. The molecule has 1 N–H and O–H groups in total. The first-order valence-corrected chi connectivity index (χ1v) is 13.2. The van der Waals surface area contributed by atoms with Crippen LogP contribution in [-0.4, -0.2) is 58.0 Å². The minimum Gasteiger partial charge on any atom is -0.378 e. The largest absolute Gasteiger partial charge is 0.378 e. The summed E-state index contributed by atoms with van der Waals surface area (Å²) >= 11 is 6.34. The molecule has 4 rings (SSSR count). The number of morpholine rings is 1. The number of benzene rings is 3. The third kappa shape index (κ3) is 5.70. The quantitative estimate of drug-likeness (QED) is 0.502. The number of carbonyl (C=O) groups excluding carboxylic acids is 2. The summed E-state index contributed by atoms with van der Waals surface area (Å²) in [7, 11) is -4.13. The second-order valence-electron chi connectivity index (χ2n) is 8.27. The maximum atomic E-state index is 13.6. The van der Waals surface area contributed by atoms with E-state index >= 15 is 0 Å². The summed E-state index contributed by atoms with van der Waals surface area (Å²) in [6.07, 6.45) is 0. The first kappa shape index (κ1) is 25.7. The molecule has 0 spiro atoms. The summed E-state index contributed by atoms with van der Waals surface area (Å²) in [6.45, 7) is 3.12. The van der Waals surface area contributed by atoms with Crippen LogP contribution in [0.25, 0.3) is 0 Å². The lowest BCUT2D eigenvalue weighted by atomic mass is 10.1. The normalized spacial score (nSPS) is 13.8. The SMILES string of the molecule is Cc1ccc(S(=O)(=O)N(CC(=O)Nc2ccccc2C(=O)N2CCOCC2)c2ccccc2Cl)cc1. The van der Waals surface area contributed by atoms with Crippen LogP contribution in [0.3, 0.4) is 0 Å².